The van der Waals surface area contributed by atoms with Crippen LogP contribution in [0.1, 0.15) is 22.1 Å². The minimum absolute atomic E-state index is 0. The number of rotatable bonds is 3. The van der Waals surface area contributed by atoms with Gasteiger partial charge in [0.1, 0.15) is 0 Å². The van der Waals surface area contributed by atoms with Crippen LogP contribution in [0.25, 0.3) is 0 Å². The van der Waals surface area contributed by atoms with Gasteiger partial charge in [-0.15, -0.1) is 12.4 Å². The van der Waals surface area contributed by atoms with Gasteiger partial charge in [-0.1, -0.05) is 12.1 Å². The number of carboxylic acid groups (broad SMARTS) is 1. The summed E-state index contributed by atoms with van der Waals surface area (Å²) in [5, 5.41) is 8.68. The molecule has 0 saturated heterocycles. The van der Waals surface area contributed by atoms with E-state index >= 15 is 0 Å². The Balaban J connectivity index is 0.00000196. The van der Waals surface area contributed by atoms with Gasteiger partial charge in [-0.05, 0) is 31.8 Å². The number of carboxylic acids is 1. The number of hydrogen-bond acceptors (Lipinski definition) is 3. The molecule has 1 aromatic carbocycles. The maximum Gasteiger partial charge on any atom is 0.335 e. The van der Waals surface area contributed by atoms with Crippen LogP contribution in [-0.4, -0.2) is 30.1 Å². The Morgan fingerprint density at radius 1 is 1.33 bits per heavy atom. The highest BCUT2D eigenvalue weighted by molar-refractivity contribution is 5.87. The first-order valence-electron chi connectivity index (χ1n) is 4.27. The third-order valence-electron chi connectivity index (χ3n) is 2.06. The molecule has 3 N–H and O–H groups in total. The number of benzene rings is 1. The first kappa shape index (κ1) is 13.9. The largest absolute Gasteiger partial charge is 0.478 e. The van der Waals surface area contributed by atoms with Crippen molar-refractivity contribution in [1.82, 2.24) is 4.90 Å². The molecule has 0 heterocycles. The van der Waals surface area contributed by atoms with Gasteiger partial charge in [0, 0.05) is 0 Å². The van der Waals surface area contributed by atoms with E-state index in [9.17, 15) is 4.79 Å². The van der Waals surface area contributed by atoms with Gasteiger partial charge < -0.3 is 10.8 Å². The fraction of sp³-hybridized carbons (Fsp3) is 0.300. The van der Waals surface area contributed by atoms with Crippen molar-refractivity contribution in [2.75, 3.05) is 14.1 Å². The molecule has 0 spiro atoms. The highest BCUT2D eigenvalue weighted by Gasteiger charge is 2.08. The summed E-state index contributed by atoms with van der Waals surface area (Å²) in [5.41, 5.74) is 7.02. The van der Waals surface area contributed by atoms with Gasteiger partial charge in [-0.2, -0.15) is 0 Å². The predicted octanol–water partition coefficient (Wildman–Crippen LogP) is 1.33. The third-order valence-corrected chi connectivity index (χ3v) is 2.06. The van der Waals surface area contributed by atoms with E-state index in [1.165, 1.54) is 0 Å². The lowest BCUT2D eigenvalue weighted by Crippen LogP contribution is -2.27. The van der Waals surface area contributed by atoms with E-state index in [1.807, 2.05) is 19.0 Å². The van der Waals surface area contributed by atoms with Crippen molar-refractivity contribution < 1.29 is 9.90 Å². The summed E-state index contributed by atoms with van der Waals surface area (Å²) >= 11 is 0. The Bertz CT molecular complexity index is 325. The van der Waals surface area contributed by atoms with Gasteiger partial charge in [-0.25, -0.2) is 4.79 Å². The smallest absolute Gasteiger partial charge is 0.335 e. The summed E-state index contributed by atoms with van der Waals surface area (Å²) in [7, 11) is 3.74. The molecule has 0 radical (unpaired) electrons. The molecule has 0 fully saturated rings. The molecule has 0 amide bonds. The first-order valence-corrected chi connectivity index (χ1v) is 4.27. The second-order valence-electron chi connectivity index (χ2n) is 3.34. The molecule has 0 aliphatic carbocycles. The molecule has 0 aliphatic rings. The Labute approximate surface area is 95.1 Å². The standard InChI is InChI=1S/C10H14N2O2.ClH/c1-12(2)9(11)7-3-5-8(6-4-7)10(13)14;/h3-6,9H,11H2,1-2H3,(H,13,14);1H. The summed E-state index contributed by atoms with van der Waals surface area (Å²) in [4.78, 5) is 12.4. The van der Waals surface area contributed by atoms with Crippen LogP contribution in [0.2, 0.25) is 0 Å². The molecule has 5 heteroatoms. The molecule has 4 nitrogen and oxygen atoms in total. The van der Waals surface area contributed by atoms with Gasteiger partial charge in [0.05, 0.1) is 11.7 Å². The van der Waals surface area contributed by atoms with Crippen molar-refractivity contribution in [1.29, 1.82) is 0 Å². The second-order valence-corrected chi connectivity index (χ2v) is 3.34. The van der Waals surface area contributed by atoms with Gasteiger partial charge >= 0.3 is 5.97 Å². The normalized spacial score (nSPS) is 12.0. The number of hydrogen-bond donors (Lipinski definition) is 2. The molecule has 0 aromatic heterocycles. The number of carbonyl (C=O) groups is 1. The lowest BCUT2D eigenvalue weighted by molar-refractivity contribution is 0.0697. The average Bonchev–Trinajstić information content (AvgIpc) is 2.16. The third kappa shape index (κ3) is 3.51. The number of halogens is 1. The topological polar surface area (TPSA) is 66.6 Å². The van der Waals surface area contributed by atoms with Crippen LogP contribution in [0.3, 0.4) is 0 Å². The predicted molar refractivity (Wildman–Crippen MR) is 61.3 cm³/mol. The lowest BCUT2D eigenvalue weighted by atomic mass is 10.1. The summed E-state index contributed by atoms with van der Waals surface area (Å²) in [6, 6.07) is 6.57. The summed E-state index contributed by atoms with van der Waals surface area (Å²) in [6.45, 7) is 0. The Morgan fingerprint density at radius 2 is 1.80 bits per heavy atom. The Hall–Kier alpha value is -1.10. The van der Waals surface area contributed by atoms with Crippen LogP contribution in [0.15, 0.2) is 24.3 Å². The highest BCUT2D eigenvalue weighted by atomic mass is 35.5. The molecule has 0 aliphatic heterocycles. The van der Waals surface area contributed by atoms with E-state index in [-0.39, 0.29) is 24.1 Å². The molecule has 1 atom stereocenters. The zero-order valence-electron chi connectivity index (χ0n) is 8.68. The summed E-state index contributed by atoms with van der Waals surface area (Å²) in [6.07, 6.45) is -0.196. The van der Waals surface area contributed by atoms with Crippen molar-refractivity contribution in [3.63, 3.8) is 0 Å². The van der Waals surface area contributed by atoms with E-state index in [1.54, 1.807) is 24.3 Å². The molecular formula is C10H15ClN2O2. The van der Waals surface area contributed by atoms with Gasteiger partial charge in [-0.3, -0.25) is 4.90 Å². The van der Waals surface area contributed by atoms with Crippen molar-refractivity contribution in [2.45, 2.75) is 6.17 Å². The Morgan fingerprint density at radius 3 is 2.13 bits per heavy atom. The molecule has 1 unspecified atom stereocenters. The zero-order chi connectivity index (χ0) is 10.7. The van der Waals surface area contributed by atoms with Crippen molar-refractivity contribution in [2.24, 2.45) is 5.73 Å². The highest BCUT2D eigenvalue weighted by Crippen LogP contribution is 2.13. The van der Waals surface area contributed by atoms with Crippen LogP contribution < -0.4 is 5.73 Å². The van der Waals surface area contributed by atoms with Gasteiger partial charge in [0.2, 0.25) is 0 Å². The number of nitrogens with zero attached hydrogens (tertiary/aromatic N) is 1. The minimum Gasteiger partial charge on any atom is -0.478 e. The SMILES string of the molecule is CN(C)C(N)c1ccc(C(=O)O)cc1.Cl. The molecule has 0 saturated carbocycles. The summed E-state index contributed by atoms with van der Waals surface area (Å²) in [5.74, 6) is -0.921. The molecule has 1 aromatic rings. The Kier molecular flexibility index (Phi) is 5.28. The van der Waals surface area contributed by atoms with E-state index in [0.29, 0.717) is 0 Å². The van der Waals surface area contributed by atoms with Crippen LogP contribution in [0, 0.1) is 0 Å². The minimum atomic E-state index is -0.921. The van der Waals surface area contributed by atoms with E-state index in [4.69, 9.17) is 10.8 Å². The maximum absolute atomic E-state index is 10.6. The maximum atomic E-state index is 10.6. The van der Waals surface area contributed by atoms with E-state index in [0.717, 1.165) is 5.56 Å². The zero-order valence-corrected chi connectivity index (χ0v) is 9.49. The molecule has 84 valence electrons. The van der Waals surface area contributed by atoms with E-state index < -0.39 is 5.97 Å². The monoisotopic (exact) mass is 230 g/mol. The summed E-state index contributed by atoms with van der Waals surface area (Å²) < 4.78 is 0. The first-order chi connectivity index (χ1) is 6.52. The van der Waals surface area contributed by atoms with Gasteiger partial charge in [0.15, 0.2) is 0 Å². The number of nitrogens with two attached hydrogens (primary N) is 1. The van der Waals surface area contributed by atoms with Crippen molar-refractivity contribution in [3.8, 4) is 0 Å². The molecule has 0 bridgehead atoms. The lowest BCUT2D eigenvalue weighted by Gasteiger charge is -2.19. The van der Waals surface area contributed by atoms with Crippen LogP contribution in [-0.2, 0) is 0 Å². The van der Waals surface area contributed by atoms with E-state index in [2.05, 4.69) is 0 Å². The van der Waals surface area contributed by atoms with Crippen LogP contribution in [0.5, 0.6) is 0 Å². The molecule has 1 rings (SSSR count). The van der Waals surface area contributed by atoms with Crippen LogP contribution >= 0.6 is 12.4 Å². The quantitative estimate of drug-likeness (QED) is 0.769. The average molecular weight is 231 g/mol. The number of aromatic carboxylic acids is 1. The fourth-order valence-corrected chi connectivity index (χ4v) is 1.12. The van der Waals surface area contributed by atoms with Crippen LogP contribution in [0.4, 0.5) is 0 Å². The van der Waals surface area contributed by atoms with Gasteiger partial charge in [0.25, 0.3) is 0 Å². The molecule has 15 heavy (non-hydrogen) atoms. The fourth-order valence-electron chi connectivity index (χ4n) is 1.12. The van der Waals surface area contributed by atoms with Crippen molar-refractivity contribution >= 4 is 18.4 Å². The second kappa shape index (κ2) is 5.70. The molecular weight excluding hydrogens is 216 g/mol. The van der Waals surface area contributed by atoms with Crippen molar-refractivity contribution in [3.05, 3.63) is 35.4 Å².